The molecule has 4 heteroatoms. The number of rotatable bonds is 4. The topological polar surface area (TPSA) is 46.0 Å². The molecule has 0 aliphatic carbocycles. The van der Waals surface area contributed by atoms with E-state index in [9.17, 15) is 5.11 Å². The number of nitrogens with zero attached hydrogens (tertiary/aromatic N) is 2. The molecule has 0 saturated heterocycles. The molecule has 0 fully saturated rings. The van der Waals surface area contributed by atoms with Crippen molar-refractivity contribution in [1.82, 2.24) is 9.59 Å². The summed E-state index contributed by atoms with van der Waals surface area (Å²) in [5.41, 5.74) is 3.07. The first-order valence-electron chi connectivity index (χ1n) is 5.84. The lowest BCUT2D eigenvalue weighted by Gasteiger charge is -2.10. The predicted octanol–water partition coefficient (Wildman–Crippen LogP) is 2.74. The van der Waals surface area contributed by atoms with Gasteiger partial charge in [0, 0.05) is 0 Å². The molecular weight excluding hydrogens is 232 g/mol. The molecule has 0 radical (unpaired) electrons. The second-order valence-electron chi connectivity index (χ2n) is 3.94. The van der Waals surface area contributed by atoms with E-state index in [1.807, 2.05) is 19.1 Å². The number of benzene rings is 1. The third kappa shape index (κ3) is 2.53. The van der Waals surface area contributed by atoms with E-state index in [0.717, 1.165) is 29.0 Å². The largest absolute Gasteiger partial charge is 0.383 e. The van der Waals surface area contributed by atoms with Crippen molar-refractivity contribution >= 4 is 11.5 Å². The summed E-state index contributed by atoms with van der Waals surface area (Å²) in [5.74, 6) is 0. The lowest BCUT2D eigenvalue weighted by Crippen LogP contribution is -2.01. The molecule has 2 aromatic rings. The van der Waals surface area contributed by atoms with Crippen molar-refractivity contribution in [3.05, 3.63) is 46.0 Å². The number of aryl methyl sites for hydroxylation is 2. The third-order valence-corrected chi connectivity index (χ3v) is 3.69. The Balaban J connectivity index is 2.27. The lowest BCUT2D eigenvalue weighted by molar-refractivity contribution is 0.223. The smallest absolute Gasteiger partial charge is 0.117 e. The predicted molar refractivity (Wildman–Crippen MR) is 69.2 cm³/mol. The second-order valence-corrected chi connectivity index (χ2v) is 4.72. The zero-order valence-electron chi connectivity index (χ0n) is 10.1. The number of hydrogen-bond acceptors (Lipinski definition) is 4. The zero-order chi connectivity index (χ0) is 12.3. The van der Waals surface area contributed by atoms with Gasteiger partial charge in [0.15, 0.2) is 0 Å². The fourth-order valence-corrected chi connectivity index (χ4v) is 2.51. The summed E-state index contributed by atoms with van der Waals surface area (Å²) in [5, 5.41) is 14.3. The Morgan fingerprint density at radius 2 is 1.88 bits per heavy atom. The van der Waals surface area contributed by atoms with Crippen LogP contribution in [0.3, 0.4) is 0 Å². The van der Waals surface area contributed by atoms with Gasteiger partial charge in [0.1, 0.15) is 6.10 Å². The molecule has 1 heterocycles. The first-order chi connectivity index (χ1) is 8.26. The Bertz CT molecular complexity index is 478. The van der Waals surface area contributed by atoms with Crippen molar-refractivity contribution in [3.63, 3.8) is 0 Å². The summed E-state index contributed by atoms with van der Waals surface area (Å²) < 4.78 is 3.90. The molecule has 1 aromatic carbocycles. The molecule has 1 N–H and O–H groups in total. The fourth-order valence-electron chi connectivity index (χ4n) is 1.76. The van der Waals surface area contributed by atoms with Crippen molar-refractivity contribution in [3.8, 4) is 0 Å². The molecular formula is C13H16N2OS. The van der Waals surface area contributed by atoms with Crippen LogP contribution in [-0.2, 0) is 12.8 Å². The van der Waals surface area contributed by atoms with Crippen LogP contribution >= 0.6 is 11.5 Å². The number of hydrogen-bond donors (Lipinski definition) is 1. The van der Waals surface area contributed by atoms with E-state index in [2.05, 4.69) is 28.6 Å². The monoisotopic (exact) mass is 248 g/mol. The Kier molecular flexibility index (Phi) is 3.86. The maximum absolute atomic E-state index is 10.3. The standard InChI is InChI=1S/C13H16N2OS/c1-3-9-5-7-10(8-6-9)12(16)13-11(4-2)14-15-17-13/h5-8,12,16H,3-4H2,1-2H3. The summed E-state index contributed by atoms with van der Waals surface area (Å²) in [6, 6.07) is 8.06. The van der Waals surface area contributed by atoms with Crippen LogP contribution in [0.2, 0.25) is 0 Å². The van der Waals surface area contributed by atoms with Gasteiger partial charge < -0.3 is 5.11 Å². The summed E-state index contributed by atoms with van der Waals surface area (Å²) in [6.45, 7) is 4.14. The molecule has 0 bridgehead atoms. The lowest BCUT2D eigenvalue weighted by atomic mass is 10.0. The van der Waals surface area contributed by atoms with Crippen LogP contribution in [0.1, 0.15) is 41.6 Å². The van der Waals surface area contributed by atoms with Crippen LogP contribution in [-0.4, -0.2) is 14.7 Å². The van der Waals surface area contributed by atoms with Crippen LogP contribution in [0.5, 0.6) is 0 Å². The molecule has 0 amide bonds. The van der Waals surface area contributed by atoms with Gasteiger partial charge in [0.05, 0.1) is 10.6 Å². The molecule has 3 nitrogen and oxygen atoms in total. The van der Waals surface area contributed by atoms with Gasteiger partial charge in [0.2, 0.25) is 0 Å². The molecule has 2 rings (SSSR count). The first-order valence-corrected chi connectivity index (χ1v) is 6.61. The van der Waals surface area contributed by atoms with Crippen molar-refractivity contribution in [2.75, 3.05) is 0 Å². The highest BCUT2D eigenvalue weighted by Gasteiger charge is 2.17. The molecule has 1 aromatic heterocycles. The van der Waals surface area contributed by atoms with Crippen LogP contribution in [0.15, 0.2) is 24.3 Å². The average Bonchev–Trinajstić information content (AvgIpc) is 2.86. The summed E-state index contributed by atoms with van der Waals surface area (Å²) >= 11 is 1.28. The Hall–Kier alpha value is -1.26. The number of aromatic nitrogens is 2. The Labute approximate surface area is 105 Å². The van der Waals surface area contributed by atoms with Gasteiger partial charge in [0.25, 0.3) is 0 Å². The third-order valence-electron chi connectivity index (χ3n) is 2.87. The molecule has 1 unspecified atom stereocenters. The van der Waals surface area contributed by atoms with E-state index in [0.29, 0.717) is 0 Å². The molecule has 0 saturated carbocycles. The van der Waals surface area contributed by atoms with Crippen molar-refractivity contribution in [1.29, 1.82) is 0 Å². The van der Waals surface area contributed by atoms with Gasteiger partial charge in [-0.3, -0.25) is 0 Å². The normalized spacial score (nSPS) is 12.6. The van der Waals surface area contributed by atoms with Crippen LogP contribution < -0.4 is 0 Å². The van der Waals surface area contributed by atoms with Gasteiger partial charge >= 0.3 is 0 Å². The molecule has 0 spiro atoms. The summed E-state index contributed by atoms with van der Waals surface area (Å²) in [4.78, 5) is 0.858. The van der Waals surface area contributed by atoms with Gasteiger partial charge in [-0.1, -0.05) is 42.6 Å². The molecule has 0 aliphatic heterocycles. The maximum Gasteiger partial charge on any atom is 0.117 e. The summed E-state index contributed by atoms with van der Waals surface area (Å²) in [7, 11) is 0. The Morgan fingerprint density at radius 1 is 1.18 bits per heavy atom. The number of aliphatic hydroxyl groups is 1. The minimum Gasteiger partial charge on any atom is -0.383 e. The molecule has 90 valence electrons. The van der Waals surface area contributed by atoms with E-state index < -0.39 is 6.10 Å². The SMILES string of the molecule is CCc1ccc(C(O)c2snnc2CC)cc1. The summed E-state index contributed by atoms with van der Waals surface area (Å²) in [6.07, 6.45) is 1.21. The van der Waals surface area contributed by atoms with Crippen molar-refractivity contribution in [2.45, 2.75) is 32.8 Å². The Morgan fingerprint density at radius 3 is 2.47 bits per heavy atom. The number of aliphatic hydroxyl groups excluding tert-OH is 1. The van der Waals surface area contributed by atoms with E-state index in [4.69, 9.17) is 0 Å². The molecule has 1 atom stereocenters. The highest BCUT2D eigenvalue weighted by Crippen LogP contribution is 2.27. The van der Waals surface area contributed by atoms with Gasteiger partial charge in [-0.15, -0.1) is 5.10 Å². The minimum absolute atomic E-state index is 0.601. The second kappa shape index (κ2) is 5.38. The van der Waals surface area contributed by atoms with E-state index >= 15 is 0 Å². The van der Waals surface area contributed by atoms with Gasteiger partial charge in [-0.2, -0.15) is 0 Å². The first kappa shape index (κ1) is 12.2. The van der Waals surface area contributed by atoms with Crippen molar-refractivity contribution in [2.24, 2.45) is 0 Å². The highest BCUT2D eigenvalue weighted by molar-refractivity contribution is 7.05. The van der Waals surface area contributed by atoms with Crippen LogP contribution in [0.25, 0.3) is 0 Å². The quantitative estimate of drug-likeness (QED) is 0.905. The van der Waals surface area contributed by atoms with Crippen LogP contribution in [0, 0.1) is 0 Å². The molecule has 17 heavy (non-hydrogen) atoms. The maximum atomic E-state index is 10.3. The van der Waals surface area contributed by atoms with E-state index in [1.54, 1.807) is 0 Å². The molecule has 0 aliphatic rings. The zero-order valence-corrected chi connectivity index (χ0v) is 10.9. The minimum atomic E-state index is -0.601. The van der Waals surface area contributed by atoms with Gasteiger partial charge in [-0.05, 0) is 35.5 Å². The van der Waals surface area contributed by atoms with E-state index in [-0.39, 0.29) is 0 Å². The van der Waals surface area contributed by atoms with E-state index in [1.165, 1.54) is 17.1 Å². The van der Waals surface area contributed by atoms with Crippen LogP contribution in [0.4, 0.5) is 0 Å². The van der Waals surface area contributed by atoms with Crippen molar-refractivity contribution < 1.29 is 5.11 Å². The highest BCUT2D eigenvalue weighted by atomic mass is 32.1. The average molecular weight is 248 g/mol. The van der Waals surface area contributed by atoms with Gasteiger partial charge in [-0.25, -0.2) is 0 Å². The fraction of sp³-hybridized carbons (Fsp3) is 0.385.